The van der Waals surface area contributed by atoms with Crippen LogP contribution >= 0.6 is 0 Å². The fraction of sp³-hybridized carbons (Fsp3) is 0.125. The minimum Gasteiger partial charge on any atom is -0.324 e. The lowest BCUT2D eigenvalue weighted by atomic mass is 10.2. The monoisotopic (exact) mass is 293 g/mol. The Morgan fingerprint density at radius 2 is 1.95 bits per heavy atom. The van der Waals surface area contributed by atoms with Gasteiger partial charge in [0.25, 0.3) is 0 Å². The van der Waals surface area contributed by atoms with E-state index >= 15 is 0 Å². The SMILES string of the molecule is Cc1cccc(NC(=O)Cn2nnc(-c3ccccc3)n2)c1. The van der Waals surface area contributed by atoms with E-state index in [-0.39, 0.29) is 12.5 Å². The van der Waals surface area contributed by atoms with Gasteiger partial charge >= 0.3 is 0 Å². The second kappa shape index (κ2) is 6.17. The lowest BCUT2D eigenvalue weighted by molar-refractivity contribution is -0.117. The van der Waals surface area contributed by atoms with Crippen molar-refractivity contribution in [2.75, 3.05) is 5.32 Å². The number of hydrogen-bond donors (Lipinski definition) is 1. The Morgan fingerprint density at radius 1 is 1.14 bits per heavy atom. The molecule has 3 rings (SSSR count). The van der Waals surface area contributed by atoms with Crippen LogP contribution in [0, 0.1) is 6.92 Å². The molecule has 1 heterocycles. The number of rotatable bonds is 4. The molecular formula is C16H15N5O. The van der Waals surface area contributed by atoms with E-state index in [1.54, 1.807) is 0 Å². The number of hydrogen-bond acceptors (Lipinski definition) is 4. The highest BCUT2D eigenvalue weighted by atomic mass is 16.2. The summed E-state index contributed by atoms with van der Waals surface area (Å²) in [5.41, 5.74) is 2.71. The van der Waals surface area contributed by atoms with Crippen LogP contribution in [0.2, 0.25) is 0 Å². The third-order valence-electron chi connectivity index (χ3n) is 3.07. The van der Waals surface area contributed by atoms with Gasteiger partial charge in [-0.3, -0.25) is 4.79 Å². The van der Waals surface area contributed by atoms with E-state index in [1.165, 1.54) is 4.80 Å². The molecule has 0 atom stereocenters. The summed E-state index contributed by atoms with van der Waals surface area (Å²) in [6.45, 7) is 1.99. The van der Waals surface area contributed by atoms with Crippen LogP contribution in [0.3, 0.4) is 0 Å². The molecule has 3 aromatic rings. The molecule has 1 amide bonds. The summed E-state index contributed by atoms with van der Waals surface area (Å²) < 4.78 is 0. The molecule has 0 aliphatic heterocycles. The number of nitrogens with zero attached hydrogens (tertiary/aromatic N) is 4. The highest BCUT2D eigenvalue weighted by Crippen LogP contribution is 2.12. The Bertz CT molecular complexity index is 782. The molecule has 0 bridgehead atoms. The summed E-state index contributed by atoms with van der Waals surface area (Å²) in [4.78, 5) is 13.3. The van der Waals surface area contributed by atoms with Gasteiger partial charge in [0.2, 0.25) is 11.7 Å². The summed E-state index contributed by atoms with van der Waals surface area (Å²) in [6, 6.07) is 17.1. The smallest absolute Gasteiger partial charge is 0.248 e. The summed E-state index contributed by atoms with van der Waals surface area (Å²) in [5.74, 6) is 0.312. The van der Waals surface area contributed by atoms with Crippen LogP contribution in [-0.2, 0) is 11.3 Å². The number of tetrazole rings is 1. The minimum absolute atomic E-state index is 0.0216. The average Bonchev–Trinajstić information content (AvgIpc) is 2.96. The number of aromatic nitrogens is 4. The van der Waals surface area contributed by atoms with Crippen LogP contribution in [0.5, 0.6) is 0 Å². The van der Waals surface area contributed by atoms with E-state index in [1.807, 2.05) is 61.5 Å². The zero-order valence-electron chi connectivity index (χ0n) is 12.1. The van der Waals surface area contributed by atoms with E-state index in [4.69, 9.17) is 0 Å². The van der Waals surface area contributed by atoms with Crippen molar-refractivity contribution in [2.24, 2.45) is 0 Å². The first-order valence-corrected chi connectivity index (χ1v) is 6.90. The minimum atomic E-state index is -0.192. The summed E-state index contributed by atoms with van der Waals surface area (Å²) in [7, 11) is 0. The Hall–Kier alpha value is -3.02. The van der Waals surface area contributed by atoms with Gasteiger partial charge in [0, 0.05) is 11.3 Å². The van der Waals surface area contributed by atoms with Crippen LogP contribution < -0.4 is 5.32 Å². The van der Waals surface area contributed by atoms with Crippen LogP contribution in [0.25, 0.3) is 11.4 Å². The predicted octanol–water partition coefficient (Wildman–Crippen LogP) is 2.29. The molecule has 0 saturated heterocycles. The number of carbonyl (C=O) groups excluding carboxylic acids is 1. The zero-order valence-corrected chi connectivity index (χ0v) is 12.1. The van der Waals surface area contributed by atoms with Gasteiger partial charge in [-0.2, -0.15) is 4.80 Å². The van der Waals surface area contributed by atoms with Crippen LogP contribution in [0.4, 0.5) is 5.69 Å². The van der Waals surface area contributed by atoms with Crippen LogP contribution in [0.1, 0.15) is 5.56 Å². The van der Waals surface area contributed by atoms with Crippen molar-refractivity contribution in [3.63, 3.8) is 0 Å². The Morgan fingerprint density at radius 3 is 2.73 bits per heavy atom. The molecule has 0 fully saturated rings. The van der Waals surface area contributed by atoms with Gasteiger partial charge in [-0.25, -0.2) is 0 Å². The fourth-order valence-corrected chi connectivity index (χ4v) is 2.06. The van der Waals surface area contributed by atoms with E-state index in [2.05, 4.69) is 20.7 Å². The second-order valence-electron chi connectivity index (χ2n) is 4.93. The normalized spacial score (nSPS) is 10.4. The second-order valence-corrected chi connectivity index (χ2v) is 4.93. The van der Waals surface area contributed by atoms with E-state index in [9.17, 15) is 4.79 Å². The maximum atomic E-state index is 12.0. The lowest BCUT2D eigenvalue weighted by Crippen LogP contribution is -2.20. The highest BCUT2D eigenvalue weighted by molar-refractivity contribution is 5.90. The molecule has 6 nitrogen and oxygen atoms in total. The Kier molecular flexibility index (Phi) is 3.91. The molecule has 22 heavy (non-hydrogen) atoms. The molecule has 0 aliphatic rings. The van der Waals surface area contributed by atoms with Crippen LogP contribution in [-0.4, -0.2) is 26.1 Å². The van der Waals surface area contributed by atoms with Gasteiger partial charge in [-0.1, -0.05) is 42.5 Å². The van der Waals surface area contributed by atoms with Gasteiger partial charge in [0.15, 0.2) is 0 Å². The molecule has 0 radical (unpaired) electrons. The molecule has 1 N–H and O–H groups in total. The lowest BCUT2D eigenvalue weighted by Gasteiger charge is -2.04. The quantitative estimate of drug-likeness (QED) is 0.801. The molecule has 0 unspecified atom stereocenters. The molecule has 6 heteroatoms. The number of aryl methyl sites for hydroxylation is 1. The van der Waals surface area contributed by atoms with Crippen molar-refractivity contribution < 1.29 is 4.79 Å². The molecular weight excluding hydrogens is 278 g/mol. The first-order valence-electron chi connectivity index (χ1n) is 6.90. The topological polar surface area (TPSA) is 72.7 Å². The van der Waals surface area contributed by atoms with Crippen molar-refractivity contribution >= 4 is 11.6 Å². The molecule has 2 aromatic carbocycles. The Balaban J connectivity index is 1.66. The molecule has 110 valence electrons. The zero-order chi connectivity index (χ0) is 15.4. The van der Waals surface area contributed by atoms with Crippen molar-refractivity contribution in [1.29, 1.82) is 0 Å². The van der Waals surface area contributed by atoms with E-state index < -0.39 is 0 Å². The average molecular weight is 293 g/mol. The molecule has 0 saturated carbocycles. The van der Waals surface area contributed by atoms with Gasteiger partial charge in [0.05, 0.1) is 0 Å². The van der Waals surface area contributed by atoms with Gasteiger partial charge in [0.1, 0.15) is 6.54 Å². The van der Waals surface area contributed by atoms with E-state index in [0.29, 0.717) is 5.82 Å². The standard InChI is InChI=1S/C16H15N5O/c1-12-6-5-9-14(10-12)17-15(22)11-21-19-16(18-20-21)13-7-3-2-4-8-13/h2-10H,11H2,1H3,(H,17,22). The maximum absolute atomic E-state index is 12.0. The molecule has 0 spiro atoms. The van der Waals surface area contributed by atoms with Crippen molar-refractivity contribution in [1.82, 2.24) is 20.2 Å². The third kappa shape index (κ3) is 3.35. The van der Waals surface area contributed by atoms with Crippen molar-refractivity contribution in [3.8, 4) is 11.4 Å². The number of carbonyl (C=O) groups is 1. The first kappa shape index (κ1) is 13.9. The number of nitrogens with one attached hydrogen (secondary N) is 1. The maximum Gasteiger partial charge on any atom is 0.248 e. The number of amides is 1. The summed E-state index contributed by atoms with van der Waals surface area (Å²) in [6.07, 6.45) is 0. The molecule has 0 aliphatic carbocycles. The molecule has 1 aromatic heterocycles. The summed E-state index contributed by atoms with van der Waals surface area (Å²) >= 11 is 0. The van der Waals surface area contributed by atoms with Crippen molar-refractivity contribution in [2.45, 2.75) is 13.5 Å². The van der Waals surface area contributed by atoms with Gasteiger partial charge in [-0.15, -0.1) is 10.2 Å². The Labute approximate surface area is 127 Å². The third-order valence-corrected chi connectivity index (χ3v) is 3.07. The van der Waals surface area contributed by atoms with Gasteiger partial charge in [-0.05, 0) is 29.8 Å². The van der Waals surface area contributed by atoms with Gasteiger partial charge < -0.3 is 5.32 Å². The number of anilines is 1. The highest BCUT2D eigenvalue weighted by Gasteiger charge is 2.09. The summed E-state index contributed by atoms with van der Waals surface area (Å²) in [5, 5.41) is 14.9. The first-order chi connectivity index (χ1) is 10.7. The van der Waals surface area contributed by atoms with Crippen molar-refractivity contribution in [3.05, 3.63) is 60.2 Å². The van der Waals surface area contributed by atoms with Crippen LogP contribution in [0.15, 0.2) is 54.6 Å². The van der Waals surface area contributed by atoms with E-state index in [0.717, 1.165) is 16.8 Å². The predicted molar refractivity (Wildman–Crippen MR) is 83.1 cm³/mol. The fourth-order valence-electron chi connectivity index (χ4n) is 2.06. The largest absolute Gasteiger partial charge is 0.324 e. The number of benzene rings is 2.